The Hall–Kier alpha value is -0.730. The van der Waals surface area contributed by atoms with Crippen molar-refractivity contribution in [2.24, 2.45) is 5.73 Å². The standard InChI is InChI=1S/C7H12N3OP/c1-12(2,11)6-4-9-7(3-8)10-5-6/h4-5H,3,8H2,1-2H3. The van der Waals surface area contributed by atoms with Crippen LogP contribution in [0.25, 0.3) is 0 Å². The first-order valence-corrected chi connectivity index (χ1v) is 6.20. The average Bonchev–Trinajstić information content (AvgIpc) is 2.03. The number of hydrogen-bond donors (Lipinski definition) is 1. The minimum Gasteiger partial charge on any atom is -0.324 e. The van der Waals surface area contributed by atoms with Gasteiger partial charge < -0.3 is 10.3 Å². The summed E-state index contributed by atoms with van der Waals surface area (Å²) >= 11 is 0. The summed E-state index contributed by atoms with van der Waals surface area (Å²) < 4.78 is 11.5. The van der Waals surface area contributed by atoms with Crippen LogP contribution in [-0.4, -0.2) is 23.3 Å². The Kier molecular flexibility index (Phi) is 2.60. The second kappa shape index (κ2) is 3.33. The Balaban J connectivity index is 3.01. The van der Waals surface area contributed by atoms with Gasteiger partial charge in [0.2, 0.25) is 0 Å². The maximum Gasteiger partial charge on any atom is 0.141 e. The average molecular weight is 185 g/mol. The summed E-state index contributed by atoms with van der Waals surface area (Å²) in [6.45, 7) is 3.69. The summed E-state index contributed by atoms with van der Waals surface area (Å²) in [6, 6.07) is 0. The summed E-state index contributed by atoms with van der Waals surface area (Å²) in [6.07, 6.45) is 3.16. The Morgan fingerprint density at radius 3 is 2.25 bits per heavy atom. The van der Waals surface area contributed by atoms with Crippen LogP contribution in [0.1, 0.15) is 5.82 Å². The molecule has 0 atom stereocenters. The zero-order chi connectivity index (χ0) is 9.19. The second-order valence-electron chi connectivity index (χ2n) is 2.91. The van der Waals surface area contributed by atoms with Gasteiger partial charge in [-0.2, -0.15) is 0 Å². The third kappa shape index (κ3) is 2.13. The third-order valence-electron chi connectivity index (χ3n) is 1.50. The molecule has 0 saturated heterocycles. The molecule has 0 aliphatic heterocycles. The van der Waals surface area contributed by atoms with E-state index in [0.717, 1.165) is 0 Å². The fraction of sp³-hybridized carbons (Fsp3) is 0.429. The summed E-state index contributed by atoms with van der Waals surface area (Å²) in [4.78, 5) is 7.91. The van der Waals surface area contributed by atoms with Crippen molar-refractivity contribution >= 4 is 12.4 Å². The molecule has 0 aliphatic rings. The van der Waals surface area contributed by atoms with Gasteiger partial charge in [-0.3, -0.25) is 0 Å². The lowest BCUT2D eigenvalue weighted by Gasteiger charge is -2.05. The molecule has 1 aromatic heterocycles. The topological polar surface area (TPSA) is 68.9 Å². The van der Waals surface area contributed by atoms with Crippen LogP contribution in [-0.2, 0) is 11.1 Å². The van der Waals surface area contributed by atoms with E-state index in [1.165, 1.54) is 0 Å². The van der Waals surface area contributed by atoms with E-state index < -0.39 is 7.14 Å². The zero-order valence-electron chi connectivity index (χ0n) is 7.19. The van der Waals surface area contributed by atoms with Crippen LogP contribution in [0.15, 0.2) is 12.4 Å². The van der Waals surface area contributed by atoms with Gasteiger partial charge in [0.25, 0.3) is 0 Å². The van der Waals surface area contributed by atoms with Crippen molar-refractivity contribution in [2.45, 2.75) is 6.54 Å². The van der Waals surface area contributed by atoms with E-state index >= 15 is 0 Å². The van der Waals surface area contributed by atoms with Crippen molar-refractivity contribution < 1.29 is 4.57 Å². The van der Waals surface area contributed by atoms with E-state index in [0.29, 0.717) is 17.7 Å². The van der Waals surface area contributed by atoms with E-state index in [4.69, 9.17) is 5.73 Å². The van der Waals surface area contributed by atoms with E-state index in [1.54, 1.807) is 25.7 Å². The van der Waals surface area contributed by atoms with Crippen LogP contribution in [0.5, 0.6) is 0 Å². The molecule has 0 spiro atoms. The summed E-state index contributed by atoms with van der Waals surface area (Å²) in [5.74, 6) is 0.576. The van der Waals surface area contributed by atoms with E-state index in [-0.39, 0.29) is 0 Å². The number of rotatable bonds is 2. The van der Waals surface area contributed by atoms with Crippen LogP contribution >= 0.6 is 7.14 Å². The Morgan fingerprint density at radius 2 is 1.92 bits per heavy atom. The molecule has 1 heterocycles. The SMILES string of the molecule is CP(C)(=O)c1cnc(CN)nc1. The van der Waals surface area contributed by atoms with Gasteiger partial charge in [0.15, 0.2) is 0 Å². The normalized spacial score (nSPS) is 11.6. The molecule has 0 unspecified atom stereocenters. The molecule has 1 rings (SSSR count). The largest absolute Gasteiger partial charge is 0.324 e. The quantitative estimate of drug-likeness (QED) is 0.667. The lowest BCUT2D eigenvalue weighted by Crippen LogP contribution is -2.10. The first-order valence-electron chi connectivity index (χ1n) is 3.60. The highest BCUT2D eigenvalue weighted by Crippen LogP contribution is 2.33. The maximum absolute atomic E-state index is 11.5. The van der Waals surface area contributed by atoms with Gasteiger partial charge in [0.1, 0.15) is 13.0 Å². The van der Waals surface area contributed by atoms with Gasteiger partial charge in [-0.25, -0.2) is 9.97 Å². The molecule has 0 aromatic carbocycles. The molecule has 5 heteroatoms. The first kappa shape index (κ1) is 9.36. The molecule has 12 heavy (non-hydrogen) atoms. The lowest BCUT2D eigenvalue weighted by molar-refractivity contribution is 0.588. The van der Waals surface area contributed by atoms with Gasteiger partial charge in [-0.05, 0) is 13.3 Å². The Morgan fingerprint density at radius 1 is 1.42 bits per heavy atom. The molecule has 0 amide bonds. The minimum absolute atomic E-state index is 0.317. The highest BCUT2D eigenvalue weighted by Gasteiger charge is 2.11. The third-order valence-corrected chi connectivity index (χ3v) is 2.97. The van der Waals surface area contributed by atoms with Crippen molar-refractivity contribution in [3.8, 4) is 0 Å². The minimum atomic E-state index is -2.21. The van der Waals surface area contributed by atoms with Crippen LogP contribution in [0.3, 0.4) is 0 Å². The first-order chi connectivity index (χ1) is 5.54. The zero-order valence-corrected chi connectivity index (χ0v) is 8.08. The maximum atomic E-state index is 11.5. The lowest BCUT2D eigenvalue weighted by atomic mass is 10.5. The predicted molar refractivity (Wildman–Crippen MR) is 49.0 cm³/mol. The monoisotopic (exact) mass is 185 g/mol. The summed E-state index contributed by atoms with van der Waals surface area (Å²) in [7, 11) is -2.21. The van der Waals surface area contributed by atoms with Gasteiger partial charge >= 0.3 is 0 Å². The van der Waals surface area contributed by atoms with Gasteiger partial charge in [0, 0.05) is 17.7 Å². The molecular weight excluding hydrogens is 173 g/mol. The molecular formula is C7H12N3OP. The fourth-order valence-electron chi connectivity index (χ4n) is 0.731. The van der Waals surface area contributed by atoms with E-state index in [9.17, 15) is 4.57 Å². The van der Waals surface area contributed by atoms with Crippen molar-refractivity contribution in [3.05, 3.63) is 18.2 Å². The van der Waals surface area contributed by atoms with Gasteiger partial charge in [-0.15, -0.1) is 0 Å². The molecule has 4 nitrogen and oxygen atoms in total. The smallest absolute Gasteiger partial charge is 0.141 e. The molecule has 1 aromatic rings. The highest BCUT2D eigenvalue weighted by molar-refractivity contribution is 7.70. The fourth-order valence-corrected chi connectivity index (χ4v) is 1.40. The Labute approximate surface area is 71.6 Å². The number of nitrogens with two attached hydrogens (primary N) is 1. The van der Waals surface area contributed by atoms with Gasteiger partial charge in [0.05, 0.1) is 6.54 Å². The molecule has 66 valence electrons. The predicted octanol–water partition coefficient (Wildman–Crippen LogP) is 0.183. The molecule has 2 N–H and O–H groups in total. The van der Waals surface area contributed by atoms with E-state index in [2.05, 4.69) is 9.97 Å². The summed E-state index contributed by atoms with van der Waals surface area (Å²) in [5, 5.41) is 0.694. The van der Waals surface area contributed by atoms with Crippen LogP contribution in [0.2, 0.25) is 0 Å². The molecule has 0 radical (unpaired) electrons. The van der Waals surface area contributed by atoms with Crippen molar-refractivity contribution in [2.75, 3.05) is 13.3 Å². The molecule has 0 aliphatic carbocycles. The van der Waals surface area contributed by atoms with Gasteiger partial charge in [-0.1, -0.05) is 0 Å². The molecule has 0 saturated carbocycles. The van der Waals surface area contributed by atoms with Crippen molar-refractivity contribution in [1.29, 1.82) is 0 Å². The second-order valence-corrected chi connectivity index (χ2v) is 6.13. The number of nitrogens with zero attached hydrogens (tertiary/aromatic N) is 2. The summed E-state index contributed by atoms with van der Waals surface area (Å²) in [5.41, 5.74) is 5.31. The number of aromatic nitrogens is 2. The molecule has 0 fully saturated rings. The van der Waals surface area contributed by atoms with Crippen molar-refractivity contribution in [3.63, 3.8) is 0 Å². The van der Waals surface area contributed by atoms with Crippen LogP contribution in [0.4, 0.5) is 0 Å². The molecule has 0 bridgehead atoms. The van der Waals surface area contributed by atoms with Crippen LogP contribution in [0, 0.1) is 0 Å². The Bertz CT molecular complexity index is 303. The highest BCUT2D eigenvalue weighted by atomic mass is 31.2. The number of hydrogen-bond acceptors (Lipinski definition) is 4. The van der Waals surface area contributed by atoms with E-state index in [1.807, 2.05) is 0 Å². The van der Waals surface area contributed by atoms with Crippen LogP contribution < -0.4 is 11.0 Å². The van der Waals surface area contributed by atoms with Crippen molar-refractivity contribution in [1.82, 2.24) is 9.97 Å².